The number of carbonyl (C=O) groups is 2. The van der Waals surface area contributed by atoms with Crippen molar-refractivity contribution in [3.8, 4) is 5.75 Å². The molecule has 1 aliphatic heterocycles. The Balaban J connectivity index is 1.68. The summed E-state index contributed by atoms with van der Waals surface area (Å²) in [5, 5.41) is 2.95. The van der Waals surface area contributed by atoms with Crippen LogP contribution in [0.25, 0.3) is 6.08 Å². The first-order valence-corrected chi connectivity index (χ1v) is 13.6. The van der Waals surface area contributed by atoms with Crippen molar-refractivity contribution in [1.82, 2.24) is 20.0 Å². The third-order valence-corrected chi connectivity index (χ3v) is 7.35. The van der Waals surface area contributed by atoms with E-state index in [0.717, 1.165) is 41.8 Å². The van der Waals surface area contributed by atoms with Crippen molar-refractivity contribution >= 4 is 25.3 Å². The number of hydrogen-bond acceptors (Lipinski definition) is 4. The number of benzene rings is 1. The molecule has 2 atom stereocenters. The first-order valence-electron chi connectivity index (χ1n) is 13.6. The van der Waals surface area contributed by atoms with Crippen molar-refractivity contribution < 1.29 is 23.0 Å². The van der Waals surface area contributed by atoms with E-state index in [0.29, 0.717) is 37.3 Å². The number of rotatable bonds is 13. The van der Waals surface area contributed by atoms with Crippen molar-refractivity contribution in [1.29, 1.82) is 0 Å². The second-order valence-corrected chi connectivity index (χ2v) is 10.5. The Kier molecular flexibility index (Phi) is 11.0. The van der Waals surface area contributed by atoms with Gasteiger partial charge in [-0.15, -0.1) is 0 Å². The molecule has 3 rings (SSSR count). The van der Waals surface area contributed by atoms with Gasteiger partial charge in [0, 0.05) is 50.6 Å². The van der Waals surface area contributed by atoms with Crippen LogP contribution in [-0.2, 0) is 9.59 Å². The molecule has 0 spiro atoms. The van der Waals surface area contributed by atoms with E-state index in [1.807, 2.05) is 38.1 Å². The second-order valence-electron chi connectivity index (χ2n) is 10.5. The van der Waals surface area contributed by atoms with Gasteiger partial charge in [0.25, 0.3) is 0 Å². The van der Waals surface area contributed by atoms with Crippen LogP contribution in [0.4, 0.5) is 8.63 Å². The molecule has 7 nitrogen and oxygen atoms in total. The van der Waals surface area contributed by atoms with Crippen LogP contribution < -0.4 is 10.1 Å². The van der Waals surface area contributed by atoms with Crippen molar-refractivity contribution in [3.63, 3.8) is 0 Å². The topological polar surface area (TPSA) is 77.7 Å². The molecule has 0 radical (unpaired) electrons. The average Bonchev–Trinajstić information content (AvgIpc) is 3.42. The minimum absolute atomic E-state index is 0.0790. The highest BCUT2D eigenvalue weighted by atomic mass is 19.2. The molecule has 2 aromatic rings. The number of halogens is 2. The van der Waals surface area contributed by atoms with E-state index in [1.54, 1.807) is 38.2 Å². The normalized spacial score (nSPS) is 17.9. The minimum atomic E-state index is -2.68. The summed E-state index contributed by atoms with van der Waals surface area (Å²) in [6.45, 7) is 4.45. The first-order chi connectivity index (χ1) is 18.6. The summed E-state index contributed by atoms with van der Waals surface area (Å²) in [5.41, 5.74) is 4.15. The standard InChI is InChI=1S/C29H41BF2N4O3/c1-20-17-21(2)34-26(20)19-24-18-23(12-15-27(37)33-16-8-6-7-9-28(38)35(3)4)29(36(24)30(31)32)22-10-13-25(39-5)14-11-22/h10-11,13-14,17,19,23,29,34H,6-9,12,15-16,18H2,1-5H3,(H,33,37)/b24-19-. The van der Waals surface area contributed by atoms with Crippen molar-refractivity contribution in [3.05, 3.63) is 58.5 Å². The monoisotopic (exact) mass is 542 g/mol. The summed E-state index contributed by atoms with van der Waals surface area (Å²) < 4.78 is 34.4. The van der Waals surface area contributed by atoms with Gasteiger partial charge in [-0.1, -0.05) is 18.6 Å². The Morgan fingerprint density at radius 1 is 1.15 bits per heavy atom. The SMILES string of the molecule is COc1ccc(C2C(CCC(=O)NCCCCCC(=O)N(C)C)C/C(=C/c3[nH]c(C)cc3C)N2B(F)F)cc1. The van der Waals surface area contributed by atoms with Crippen LogP contribution in [0.2, 0.25) is 0 Å². The predicted molar refractivity (Wildman–Crippen MR) is 151 cm³/mol. The minimum Gasteiger partial charge on any atom is -0.497 e. The number of nitrogens with zero attached hydrogens (tertiary/aromatic N) is 2. The van der Waals surface area contributed by atoms with E-state index in [4.69, 9.17) is 4.74 Å². The number of ether oxygens (including phenoxy) is 1. The molecular formula is C29H41BF2N4O3. The van der Waals surface area contributed by atoms with Crippen LogP contribution in [0, 0.1) is 19.8 Å². The molecule has 0 saturated carbocycles. The Bertz CT molecular complexity index is 1130. The first kappa shape index (κ1) is 30.2. The number of aromatic nitrogens is 1. The zero-order valence-corrected chi connectivity index (χ0v) is 23.7. The third kappa shape index (κ3) is 8.34. The van der Waals surface area contributed by atoms with Gasteiger partial charge in [-0.25, -0.2) is 0 Å². The van der Waals surface area contributed by atoms with E-state index >= 15 is 0 Å². The molecular weight excluding hydrogens is 501 g/mol. The van der Waals surface area contributed by atoms with Gasteiger partial charge in [0.1, 0.15) is 5.75 Å². The van der Waals surface area contributed by atoms with E-state index in [-0.39, 0.29) is 24.2 Å². The van der Waals surface area contributed by atoms with Crippen molar-refractivity contribution in [2.24, 2.45) is 5.92 Å². The Labute approximate surface area is 231 Å². The maximum Gasteiger partial charge on any atom is 0.673 e. The van der Waals surface area contributed by atoms with E-state index < -0.39 is 13.4 Å². The number of allylic oxidation sites excluding steroid dienone is 1. The van der Waals surface area contributed by atoms with Gasteiger partial charge in [0.2, 0.25) is 11.8 Å². The smallest absolute Gasteiger partial charge is 0.497 e. The van der Waals surface area contributed by atoms with Crippen LogP contribution in [-0.4, -0.2) is 61.7 Å². The summed E-state index contributed by atoms with van der Waals surface area (Å²) in [4.78, 5) is 30.3. The second kappa shape index (κ2) is 14.2. The van der Waals surface area contributed by atoms with Gasteiger partial charge >= 0.3 is 7.40 Å². The van der Waals surface area contributed by atoms with Crippen LogP contribution in [0.3, 0.4) is 0 Å². The van der Waals surface area contributed by atoms with Crippen LogP contribution in [0.15, 0.2) is 36.0 Å². The average molecular weight is 542 g/mol. The lowest BCUT2D eigenvalue weighted by atomic mass is 9.88. The molecule has 2 heterocycles. The zero-order chi connectivity index (χ0) is 28.5. The Hall–Kier alpha value is -3.30. The lowest BCUT2D eigenvalue weighted by Gasteiger charge is -2.29. The van der Waals surface area contributed by atoms with Gasteiger partial charge in [-0.05, 0) is 80.9 Å². The molecule has 1 aromatic heterocycles. The molecule has 1 aliphatic rings. The van der Waals surface area contributed by atoms with E-state index in [9.17, 15) is 18.2 Å². The predicted octanol–water partition coefficient (Wildman–Crippen LogP) is 5.51. The summed E-state index contributed by atoms with van der Waals surface area (Å²) >= 11 is 0. The number of methoxy groups -OCH3 is 1. The fourth-order valence-electron chi connectivity index (χ4n) is 5.27. The highest BCUT2D eigenvalue weighted by molar-refractivity contribution is 6.40. The largest absolute Gasteiger partial charge is 0.673 e. The van der Waals surface area contributed by atoms with Crippen LogP contribution in [0.5, 0.6) is 5.75 Å². The van der Waals surface area contributed by atoms with Gasteiger partial charge in [0.15, 0.2) is 0 Å². The number of hydrogen-bond donors (Lipinski definition) is 2. The van der Waals surface area contributed by atoms with E-state index in [2.05, 4.69) is 10.3 Å². The highest BCUT2D eigenvalue weighted by Crippen LogP contribution is 2.47. The van der Waals surface area contributed by atoms with Gasteiger partial charge < -0.3 is 24.7 Å². The number of unbranched alkanes of at least 4 members (excludes halogenated alkanes) is 2. The molecule has 10 heteroatoms. The summed E-state index contributed by atoms with van der Waals surface area (Å²) in [6, 6.07) is 8.68. The molecule has 2 N–H and O–H groups in total. The lowest BCUT2D eigenvalue weighted by Crippen LogP contribution is -2.33. The number of amides is 2. The number of aromatic amines is 1. The molecule has 0 aliphatic carbocycles. The summed E-state index contributed by atoms with van der Waals surface area (Å²) in [5.74, 6) is 0.535. The van der Waals surface area contributed by atoms with E-state index in [1.165, 1.54) is 4.81 Å². The molecule has 2 amide bonds. The molecule has 39 heavy (non-hydrogen) atoms. The summed E-state index contributed by atoms with van der Waals surface area (Å²) in [6.07, 6.45) is 5.98. The molecule has 212 valence electrons. The Morgan fingerprint density at radius 3 is 2.46 bits per heavy atom. The highest BCUT2D eigenvalue weighted by Gasteiger charge is 2.45. The molecule has 0 bridgehead atoms. The third-order valence-electron chi connectivity index (χ3n) is 7.35. The van der Waals surface area contributed by atoms with Crippen LogP contribution in [0.1, 0.15) is 73.5 Å². The Morgan fingerprint density at radius 2 is 1.87 bits per heavy atom. The molecule has 1 aromatic carbocycles. The fourth-order valence-corrected chi connectivity index (χ4v) is 5.27. The zero-order valence-electron chi connectivity index (χ0n) is 23.7. The van der Waals surface area contributed by atoms with Gasteiger partial charge in [-0.2, -0.15) is 0 Å². The van der Waals surface area contributed by atoms with Crippen molar-refractivity contribution in [2.45, 2.75) is 64.8 Å². The quantitative estimate of drug-likeness (QED) is 0.259. The van der Waals surface area contributed by atoms with Gasteiger partial charge in [0.05, 0.1) is 13.2 Å². The van der Waals surface area contributed by atoms with Crippen LogP contribution >= 0.6 is 0 Å². The fraction of sp³-hybridized carbons (Fsp3) is 0.517. The molecule has 2 unspecified atom stereocenters. The van der Waals surface area contributed by atoms with Gasteiger partial charge in [-0.3, -0.25) is 18.2 Å². The maximum absolute atomic E-state index is 14.6. The molecule has 1 saturated heterocycles. The summed E-state index contributed by atoms with van der Waals surface area (Å²) in [7, 11) is 2.38. The number of nitrogens with one attached hydrogen (secondary N) is 2. The van der Waals surface area contributed by atoms with Crippen molar-refractivity contribution in [2.75, 3.05) is 27.7 Å². The molecule has 1 fully saturated rings. The lowest BCUT2D eigenvalue weighted by molar-refractivity contribution is -0.128. The number of carbonyl (C=O) groups excluding carboxylic acids is 2. The number of aryl methyl sites for hydroxylation is 2. The number of H-pyrrole nitrogens is 1. The maximum atomic E-state index is 14.6.